The number of benzene rings is 1. The molecule has 84 valence electrons. The van der Waals surface area contributed by atoms with Crippen LogP contribution in [0.4, 0.5) is 11.4 Å². The highest BCUT2D eigenvalue weighted by molar-refractivity contribution is 6.39. The molecule has 0 radical (unpaired) electrons. The first kappa shape index (κ1) is 11.6. The number of nitrogens with zero attached hydrogens (tertiary/aromatic N) is 1. The second-order valence-electron chi connectivity index (χ2n) is 2.73. The number of hydrogen-bond acceptors (Lipinski definition) is 5. The van der Waals surface area contributed by atoms with Gasteiger partial charge in [0.25, 0.3) is 5.69 Å². The molecule has 0 heterocycles. The van der Waals surface area contributed by atoms with E-state index in [0.717, 1.165) is 0 Å². The topological polar surface area (TPSA) is 127 Å². The summed E-state index contributed by atoms with van der Waals surface area (Å²) in [4.78, 5) is 31.5. The number of anilines is 1. The Labute approximate surface area is 89.5 Å². The summed E-state index contributed by atoms with van der Waals surface area (Å²) in [6, 6.07) is 5.02. The Hall–Kier alpha value is -2.48. The third-order valence-electron chi connectivity index (χ3n) is 1.67. The molecule has 4 N–H and O–H groups in total. The van der Waals surface area contributed by atoms with E-state index < -0.39 is 16.7 Å². The third kappa shape index (κ3) is 2.75. The van der Waals surface area contributed by atoms with Gasteiger partial charge in [-0.1, -0.05) is 0 Å². The van der Waals surface area contributed by atoms with E-state index in [4.69, 9.17) is 5.84 Å². The zero-order valence-electron chi connectivity index (χ0n) is 7.97. The molecule has 8 heteroatoms. The van der Waals surface area contributed by atoms with E-state index in [9.17, 15) is 19.7 Å². The highest BCUT2D eigenvalue weighted by atomic mass is 16.6. The minimum absolute atomic E-state index is 0.110. The predicted octanol–water partition coefficient (Wildman–Crippen LogP) is -0.477. The molecule has 0 saturated carbocycles. The molecule has 1 rings (SSSR count). The van der Waals surface area contributed by atoms with Gasteiger partial charge in [0.2, 0.25) is 0 Å². The van der Waals surface area contributed by atoms with Crippen molar-refractivity contribution in [2.24, 2.45) is 5.84 Å². The molecule has 8 nitrogen and oxygen atoms in total. The van der Waals surface area contributed by atoms with Crippen molar-refractivity contribution in [3.05, 3.63) is 34.4 Å². The molecule has 0 saturated heterocycles. The van der Waals surface area contributed by atoms with E-state index in [1.807, 2.05) is 0 Å². The highest BCUT2D eigenvalue weighted by Gasteiger charge is 2.12. The van der Waals surface area contributed by atoms with E-state index in [1.165, 1.54) is 24.3 Å². The summed E-state index contributed by atoms with van der Waals surface area (Å²) in [6.45, 7) is 0. The van der Waals surface area contributed by atoms with Crippen molar-refractivity contribution in [2.45, 2.75) is 0 Å². The molecule has 2 amide bonds. The average Bonchev–Trinajstić information content (AvgIpc) is 2.28. The standard InChI is InChI=1S/C8H8N4O4/c9-11-8(14)7(13)10-5-1-3-6(4-2-5)12(15)16/h1-4H,9H2,(H,10,13)(H,11,14). The minimum atomic E-state index is -1.00. The van der Waals surface area contributed by atoms with Gasteiger partial charge < -0.3 is 5.32 Å². The van der Waals surface area contributed by atoms with Gasteiger partial charge in [0.1, 0.15) is 0 Å². The number of nitro groups is 1. The van der Waals surface area contributed by atoms with Crippen LogP contribution in [0.1, 0.15) is 0 Å². The van der Waals surface area contributed by atoms with Crippen molar-refractivity contribution in [1.82, 2.24) is 5.43 Å². The number of hydrogen-bond donors (Lipinski definition) is 3. The van der Waals surface area contributed by atoms with E-state index in [1.54, 1.807) is 5.43 Å². The Balaban J connectivity index is 2.72. The summed E-state index contributed by atoms with van der Waals surface area (Å²) in [5.74, 6) is 2.79. The first-order chi connectivity index (χ1) is 7.54. The third-order valence-corrected chi connectivity index (χ3v) is 1.67. The van der Waals surface area contributed by atoms with Crippen molar-refractivity contribution in [3.63, 3.8) is 0 Å². The lowest BCUT2D eigenvalue weighted by atomic mass is 10.3. The number of nitro benzene ring substituents is 1. The number of rotatable bonds is 2. The lowest BCUT2D eigenvalue weighted by Gasteiger charge is -2.02. The molecule has 0 unspecified atom stereocenters. The number of carbonyl (C=O) groups is 2. The monoisotopic (exact) mass is 224 g/mol. The van der Waals surface area contributed by atoms with Crippen LogP contribution in [-0.4, -0.2) is 16.7 Å². The Kier molecular flexibility index (Phi) is 3.51. The zero-order valence-corrected chi connectivity index (χ0v) is 7.97. The van der Waals surface area contributed by atoms with Gasteiger partial charge in [-0.15, -0.1) is 0 Å². The number of carbonyl (C=O) groups excluding carboxylic acids is 2. The quantitative estimate of drug-likeness (QED) is 0.205. The number of non-ortho nitro benzene ring substituents is 1. The van der Waals surface area contributed by atoms with Crippen LogP contribution in [0.3, 0.4) is 0 Å². The van der Waals surface area contributed by atoms with Crippen molar-refractivity contribution < 1.29 is 14.5 Å². The zero-order chi connectivity index (χ0) is 12.1. The van der Waals surface area contributed by atoms with Crippen molar-refractivity contribution in [1.29, 1.82) is 0 Å². The van der Waals surface area contributed by atoms with Crippen LogP contribution >= 0.6 is 0 Å². The van der Waals surface area contributed by atoms with Gasteiger partial charge in [-0.25, -0.2) is 5.84 Å². The Bertz CT molecular complexity index is 428. The first-order valence-electron chi connectivity index (χ1n) is 4.11. The molecule has 0 spiro atoms. The van der Waals surface area contributed by atoms with Crippen molar-refractivity contribution in [3.8, 4) is 0 Å². The predicted molar refractivity (Wildman–Crippen MR) is 54.1 cm³/mol. The van der Waals surface area contributed by atoms with Gasteiger partial charge in [-0.05, 0) is 12.1 Å². The lowest BCUT2D eigenvalue weighted by molar-refractivity contribution is -0.384. The molecule has 0 aliphatic carbocycles. The maximum atomic E-state index is 11.0. The van der Waals surface area contributed by atoms with Gasteiger partial charge in [0.05, 0.1) is 4.92 Å². The molecule has 1 aromatic rings. The fraction of sp³-hybridized carbons (Fsp3) is 0. The van der Waals surface area contributed by atoms with Crippen LogP contribution in [0.2, 0.25) is 0 Å². The smallest absolute Gasteiger partial charge is 0.318 e. The van der Waals surface area contributed by atoms with Crippen LogP contribution in [-0.2, 0) is 9.59 Å². The summed E-state index contributed by atoms with van der Waals surface area (Å²) >= 11 is 0. The Morgan fingerprint density at radius 1 is 1.19 bits per heavy atom. The van der Waals surface area contributed by atoms with Gasteiger partial charge >= 0.3 is 11.8 Å². The van der Waals surface area contributed by atoms with E-state index in [2.05, 4.69) is 5.32 Å². The first-order valence-corrected chi connectivity index (χ1v) is 4.11. The van der Waals surface area contributed by atoms with Crippen LogP contribution < -0.4 is 16.6 Å². The largest absolute Gasteiger partial charge is 0.323 e. The number of nitrogens with one attached hydrogen (secondary N) is 2. The summed E-state index contributed by atoms with van der Waals surface area (Å²) in [5.41, 5.74) is 1.81. The second kappa shape index (κ2) is 4.84. The summed E-state index contributed by atoms with van der Waals surface area (Å²) in [6.07, 6.45) is 0. The maximum Gasteiger partial charge on any atom is 0.323 e. The number of amides is 2. The number of hydrazine groups is 1. The van der Waals surface area contributed by atoms with E-state index >= 15 is 0 Å². The summed E-state index contributed by atoms with van der Waals surface area (Å²) < 4.78 is 0. The molecular formula is C8H8N4O4. The second-order valence-corrected chi connectivity index (χ2v) is 2.73. The average molecular weight is 224 g/mol. The molecule has 0 bridgehead atoms. The fourth-order valence-electron chi connectivity index (χ4n) is 0.920. The molecule has 0 aliphatic heterocycles. The number of nitrogens with two attached hydrogens (primary N) is 1. The molecule has 0 fully saturated rings. The fourth-order valence-corrected chi connectivity index (χ4v) is 0.920. The molecule has 0 atom stereocenters. The molecule has 1 aromatic carbocycles. The maximum absolute atomic E-state index is 11.0. The van der Waals surface area contributed by atoms with E-state index in [-0.39, 0.29) is 11.4 Å². The molecule has 0 aromatic heterocycles. The summed E-state index contributed by atoms with van der Waals surface area (Å²) in [5, 5.41) is 12.5. The molecular weight excluding hydrogens is 216 g/mol. The van der Waals surface area contributed by atoms with Crippen molar-refractivity contribution in [2.75, 3.05) is 5.32 Å². The Morgan fingerprint density at radius 2 is 1.75 bits per heavy atom. The van der Waals surface area contributed by atoms with Gasteiger partial charge in [0.15, 0.2) is 0 Å². The normalized spacial score (nSPS) is 9.31. The van der Waals surface area contributed by atoms with Crippen LogP contribution in [0.15, 0.2) is 24.3 Å². The Morgan fingerprint density at radius 3 is 2.19 bits per heavy atom. The molecule has 0 aliphatic rings. The highest BCUT2D eigenvalue weighted by Crippen LogP contribution is 2.14. The van der Waals surface area contributed by atoms with Gasteiger partial charge in [0, 0.05) is 17.8 Å². The van der Waals surface area contributed by atoms with Gasteiger partial charge in [-0.2, -0.15) is 0 Å². The van der Waals surface area contributed by atoms with Crippen LogP contribution in [0.5, 0.6) is 0 Å². The van der Waals surface area contributed by atoms with Crippen molar-refractivity contribution >= 4 is 23.2 Å². The minimum Gasteiger partial charge on any atom is -0.318 e. The van der Waals surface area contributed by atoms with E-state index in [0.29, 0.717) is 0 Å². The SMILES string of the molecule is NNC(=O)C(=O)Nc1ccc([N+](=O)[O-])cc1. The van der Waals surface area contributed by atoms with Crippen LogP contribution in [0.25, 0.3) is 0 Å². The summed E-state index contributed by atoms with van der Waals surface area (Å²) in [7, 11) is 0. The molecule has 16 heavy (non-hydrogen) atoms. The van der Waals surface area contributed by atoms with Gasteiger partial charge in [-0.3, -0.25) is 25.1 Å². The lowest BCUT2D eigenvalue weighted by Crippen LogP contribution is -2.39. The van der Waals surface area contributed by atoms with Crippen LogP contribution in [0, 0.1) is 10.1 Å².